The molecule has 0 aromatic carbocycles. The lowest BCUT2D eigenvalue weighted by atomic mass is 9.97. The summed E-state index contributed by atoms with van der Waals surface area (Å²) in [5.74, 6) is 4.74. The first-order chi connectivity index (χ1) is 7.75. The number of thiophene rings is 1. The van der Waals surface area contributed by atoms with Gasteiger partial charge in [0.05, 0.1) is 4.34 Å². The number of hydrogen-bond acceptors (Lipinski definition) is 2. The summed E-state index contributed by atoms with van der Waals surface area (Å²) in [6.07, 6.45) is 4.45. The van der Waals surface area contributed by atoms with E-state index in [0.29, 0.717) is 0 Å². The summed E-state index contributed by atoms with van der Waals surface area (Å²) in [6, 6.07) is 4.36. The van der Waals surface area contributed by atoms with Gasteiger partial charge in [0.25, 0.3) is 0 Å². The van der Waals surface area contributed by atoms with Crippen LogP contribution in [0.2, 0.25) is 4.34 Å². The zero-order valence-electron chi connectivity index (χ0n) is 9.10. The molecule has 0 aliphatic heterocycles. The first kappa shape index (κ1) is 9.93. The molecule has 1 aromatic heterocycles. The average molecular weight is 254 g/mol. The molecule has 0 saturated heterocycles. The first-order valence-electron chi connectivity index (χ1n) is 6.26. The Labute approximate surface area is 105 Å². The van der Waals surface area contributed by atoms with Crippen molar-refractivity contribution in [1.82, 2.24) is 0 Å². The average Bonchev–Trinajstić information content (AvgIpc) is 2.68. The van der Waals surface area contributed by atoms with Gasteiger partial charge < -0.3 is 5.73 Å². The zero-order chi connectivity index (χ0) is 10.9. The minimum absolute atomic E-state index is 0.260. The van der Waals surface area contributed by atoms with Crippen LogP contribution >= 0.6 is 22.9 Å². The summed E-state index contributed by atoms with van der Waals surface area (Å²) in [7, 11) is 0. The highest BCUT2D eigenvalue weighted by Crippen LogP contribution is 2.72. The van der Waals surface area contributed by atoms with Crippen molar-refractivity contribution in [3.05, 3.63) is 21.3 Å². The molecule has 1 aromatic rings. The van der Waals surface area contributed by atoms with Crippen LogP contribution in [0, 0.1) is 29.6 Å². The molecule has 3 heteroatoms. The van der Waals surface area contributed by atoms with E-state index in [4.69, 9.17) is 17.3 Å². The van der Waals surface area contributed by atoms with Crippen LogP contribution in [-0.4, -0.2) is 0 Å². The fourth-order valence-corrected chi connectivity index (χ4v) is 5.69. The SMILES string of the molecule is NC(c1ccc(Cl)s1)C1C2C3CCC(C3)C21. The predicted molar refractivity (Wildman–Crippen MR) is 67.6 cm³/mol. The number of nitrogens with two attached hydrogens (primary N) is 1. The lowest BCUT2D eigenvalue weighted by Crippen LogP contribution is -2.16. The maximum absolute atomic E-state index is 6.41. The Bertz CT molecular complexity index is 413. The fraction of sp³-hybridized carbons (Fsp3) is 0.692. The molecule has 1 heterocycles. The second-order valence-corrected chi connectivity index (χ2v) is 7.48. The molecule has 3 saturated carbocycles. The lowest BCUT2D eigenvalue weighted by molar-refractivity contribution is 0.420. The highest BCUT2D eigenvalue weighted by Gasteiger charge is 2.66. The van der Waals surface area contributed by atoms with E-state index < -0.39 is 0 Å². The molecule has 1 nitrogen and oxygen atoms in total. The van der Waals surface area contributed by atoms with Crippen molar-refractivity contribution in [2.45, 2.75) is 25.3 Å². The largest absolute Gasteiger partial charge is 0.323 e. The number of halogens is 1. The van der Waals surface area contributed by atoms with Crippen molar-refractivity contribution in [2.24, 2.45) is 35.3 Å². The number of hydrogen-bond donors (Lipinski definition) is 1. The van der Waals surface area contributed by atoms with Gasteiger partial charge in [0.15, 0.2) is 0 Å². The predicted octanol–water partition coefficient (Wildman–Crippen LogP) is 3.69. The Kier molecular flexibility index (Phi) is 2.01. The monoisotopic (exact) mass is 253 g/mol. The van der Waals surface area contributed by atoms with Crippen molar-refractivity contribution in [2.75, 3.05) is 0 Å². The molecule has 5 atom stereocenters. The third-order valence-electron chi connectivity index (χ3n) is 5.13. The second-order valence-electron chi connectivity index (χ2n) is 5.73. The van der Waals surface area contributed by atoms with E-state index in [-0.39, 0.29) is 6.04 Å². The molecule has 3 aliphatic rings. The minimum atomic E-state index is 0.260. The molecule has 3 fully saturated rings. The smallest absolute Gasteiger partial charge is 0.0931 e. The Morgan fingerprint density at radius 2 is 1.94 bits per heavy atom. The first-order valence-corrected chi connectivity index (χ1v) is 7.46. The van der Waals surface area contributed by atoms with Crippen molar-refractivity contribution in [3.8, 4) is 0 Å². The van der Waals surface area contributed by atoms with Crippen LogP contribution in [0.3, 0.4) is 0 Å². The quantitative estimate of drug-likeness (QED) is 0.855. The van der Waals surface area contributed by atoms with E-state index in [2.05, 4.69) is 6.07 Å². The summed E-state index contributed by atoms with van der Waals surface area (Å²) < 4.78 is 0.874. The third-order valence-corrected chi connectivity index (χ3v) is 6.46. The van der Waals surface area contributed by atoms with Gasteiger partial charge in [0, 0.05) is 10.9 Å². The number of fused-ring (bicyclic) bond motifs is 5. The van der Waals surface area contributed by atoms with E-state index in [0.717, 1.165) is 33.9 Å². The summed E-state index contributed by atoms with van der Waals surface area (Å²) in [6.45, 7) is 0. The van der Waals surface area contributed by atoms with Gasteiger partial charge >= 0.3 is 0 Å². The Balaban J connectivity index is 1.57. The minimum Gasteiger partial charge on any atom is -0.323 e. The van der Waals surface area contributed by atoms with E-state index in [1.54, 1.807) is 11.3 Å². The topological polar surface area (TPSA) is 26.0 Å². The highest BCUT2D eigenvalue weighted by molar-refractivity contribution is 7.16. The van der Waals surface area contributed by atoms with Gasteiger partial charge in [-0.05, 0) is 61.0 Å². The molecular weight excluding hydrogens is 238 g/mol. The molecule has 0 spiro atoms. The van der Waals surface area contributed by atoms with Crippen molar-refractivity contribution in [3.63, 3.8) is 0 Å². The van der Waals surface area contributed by atoms with E-state index in [1.807, 2.05) is 6.07 Å². The molecule has 2 N–H and O–H groups in total. The summed E-state index contributed by atoms with van der Waals surface area (Å²) in [5, 5.41) is 0. The second kappa shape index (κ2) is 3.24. The van der Waals surface area contributed by atoms with Crippen molar-refractivity contribution >= 4 is 22.9 Å². The van der Waals surface area contributed by atoms with Gasteiger partial charge in [-0.1, -0.05) is 11.6 Å². The lowest BCUT2D eigenvalue weighted by Gasteiger charge is -2.14. The van der Waals surface area contributed by atoms with E-state index in [1.165, 1.54) is 24.1 Å². The highest BCUT2D eigenvalue weighted by atomic mass is 35.5. The van der Waals surface area contributed by atoms with Gasteiger partial charge in [0.2, 0.25) is 0 Å². The summed E-state index contributed by atoms with van der Waals surface area (Å²) in [4.78, 5) is 1.30. The van der Waals surface area contributed by atoms with Gasteiger partial charge in [-0.3, -0.25) is 0 Å². The Hall–Kier alpha value is -0.0500. The summed E-state index contributed by atoms with van der Waals surface area (Å²) in [5.41, 5.74) is 6.41. The summed E-state index contributed by atoms with van der Waals surface area (Å²) >= 11 is 7.65. The molecule has 4 rings (SSSR count). The fourth-order valence-electron chi connectivity index (χ4n) is 4.57. The van der Waals surface area contributed by atoms with Crippen LogP contribution in [0.4, 0.5) is 0 Å². The van der Waals surface area contributed by atoms with Crippen molar-refractivity contribution in [1.29, 1.82) is 0 Å². The molecular formula is C13H16ClNS. The van der Waals surface area contributed by atoms with E-state index >= 15 is 0 Å². The van der Waals surface area contributed by atoms with Crippen LogP contribution in [0.5, 0.6) is 0 Å². The molecule has 0 radical (unpaired) electrons. The Morgan fingerprint density at radius 1 is 1.25 bits per heavy atom. The normalized spacial score (nSPS) is 45.8. The third kappa shape index (κ3) is 1.21. The molecule has 3 aliphatic carbocycles. The van der Waals surface area contributed by atoms with Crippen LogP contribution in [0.1, 0.15) is 30.2 Å². The number of rotatable bonds is 2. The van der Waals surface area contributed by atoms with Gasteiger partial charge in [0.1, 0.15) is 0 Å². The standard InChI is InChI=1S/C13H16ClNS/c14-9-4-3-8(16-9)13(15)12-10-6-1-2-7(5-6)11(10)12/h3-4,6-7,10-13H,1-2,5,15H2. The molecule has 0 amide bonds. The van der Waals surface area contributed by atoms with Gasteiger partial charge in [-0.2, -0.15) is 0 Å². The maximum Gasteiger partial charge on any atom is 0.0931 e. The Morgan fingerprint density at radius 3 is 2.50 bits per heavy atom. The van der Waals surface area contributed by atoms with Gasteiger partial charge in [-0.25, -0.2) is 0 Å². The van der Waals surface area contributed by atoms with Crippen LogP contribution in [-0.2, 0) is 0 Å². The maximum atomic E-state index is 6.41. The van der Waals surface area contributed by atoms with Crippen LogP contribution < -0.4 is 5.73 Å². The van der Waals surface area contributed by atoms with Crippen LogP contribution in [0.15, 0.2) is 12.1 Å². The van der Waals surface area contributed by atoms with E-state index in [9.17, 15) is 0 Å². The molecule has 86 valence electrons. The van der Waals surface area contributed by atoms with Gasteiger partial charge in [-0.15, -0.1) is 11.3 Å². The zero-order valence-corrected chi connectivity index (χ0v) is 10.7. The molecule has 2 bridgehead atoms. The molecule has 16 heavy (non-hydrogen) atoms. The van der Waals surface area contributed by atoms with Crippen LogP contribution in [0.25, 0.3) is 0 Å². The van der Waals surface area contributed by atoms with Crippen molar-refractivity contribution < 1.29 is 0 Å². The molecule has 5 unspecified atom stereocenters.